The van der Waals surface area contributed by atoms with Crippen LogP contribution in [0.3, 0.4) is 0 Å². The monoisotopic (exact) mass is 558 g/mol. The first-order valence-electron chi connectivity index (χ1n) is 8.49. The first kappa shape index (κ1) is 23.6. The van der Waals surface area contributed by atoms with Crippen LogP contribution >= 0.6 is 39.1 Å². The molecule has 0 aromatic heterocycles. The van der Waals surface area contributed by atoms with Crippen molar-refractivity contribution < 1.29 is 26.7 Å². The Hall–Kier alpha value is -1.08. The van der Waals surface area contributed by atoms with Gasteiger partial charge in [0, 0.05) is 29.7 Å². The van der Waals surface area contributed by atoms with Gasteiger partial charge >= 0.3 is 0 Å². The van der Waals surface area contributed by atoms with Gasteiger partial charge in [-0.05, 0) is 30.7 Å². The molecule has 0 saturated carbocycles. The van der Waals surface area contributed by atoms with Crippen LogP contribution in [-0.2, 0) is 20.0 Å². The third kappa shape index (κ3) is 5.39. The van der Waals surface area contributed by atoms with Crippen LogP contribution in [0, 0.1) is 0 Å². The molecule has 0 amide bonds. The Kier molecular flexibility index (Phi) is 6.93. The summed E-state index contributed by atoms with van der Waals surface area (Å²) in [6, 6.07) is 6.32. The number of nitrogens with one attached hydrogen (secondary N) is 1. The Balaban J connectivity index is 1.88. The van der Waals surface area contributed by atoms with Crippen LogP contribution in [0.1, 0.15) is 6.42 Å². The topological polar surface area (TPSA) is 113 Å². The number of aromatic hydroxyl groups is 1. The molecule has 1 fully saturated rings. The molecule has 13 heteroatoms. The first-order valence-corrected chi connectivity index (χ1v) is 13.4. The van der Waals surface area contributed by atoms with Gasteiger partial charge in [0.2, 0.25) is 20.0 Å². The Labute approximate surface area is 193 Å². The van der Waals surface area contributed by atoms with Crippen LogP contribution in [-0.4, -0.2) is 51.6 Å². The fraction of sp³-hybridized carbons (Fsp3) is 0.294. The van der Waals surface area contributed by atoms with Gasteiger partial charge in [-0.3, -0.25) is 0 Å². The minimum Gasteiger partial charge on any atom is -0.507 e. The molecule has 2 aromatic rings. The molecule has 1 atom stereocenters. The average Bonchev–Trinajstić information content (AvgIpc) is 3.06. The maximum Gasteiger partial charge on any atom is 0.246 e. The van der Waals surface area contributed by atoms with Crippen molar-refractivity contribution in [1.29, 1.82) is 0 Å². The molecule has 1 aliphatic rings. The Morgan fingerprint density at radius 3 is 2.40 bits per heavy atom. The van der Waals surface area contributed by atoms with E-state index in [4.69, 9.17) is 27.9 Å². The van der Waals surface area contributed by atoms with E-state index < -0.39 is 31.8 Å². The van der Waals surface area contributed by atoms with Gasteiger partial charge in [-0.1, -0.05) is 39.1 Å². The number of ether oxygens (including phenoxy) is 1. The lowest BCUT2D eigenvalue weighted by atomic mass is 10.3. The highest BCUT2D eigenvalue weighted by molar-refractivity contribution is 9.10. The van der Waals surface area contributed by atoms with Gasteiger partial charge in [0.1, 0.15) is 16.4 Å². The van der Waals surface area contributed by atoms with E-state index in [0.717, 1.165) is 16.6 Å². The summed E-state index contributed by atoms with van der Waals surface area (Å²) in [6.45, 7) is 0.0503. The number of nitrogens with zero attached hydrogens (tertiary/aromatic N) is 1. The number of phenols is 1. The van der Waals surface area contributed by atoms with Crippen molar-refractivity contribution >= 4 is 59.2 Å². The van der Waals surface area contributed by atoms with Gasteiger partial charge in [0.05, 0.1) is 16.3 Å². The number of rotatable bonds is 6. The molecule has 8 nitrogen and oxygen atoms in total. The van der Waals surface area contributed by atoms with Crippen molar-refractivity contribution in [2.24, 2.45) is 0 Å². The largest absolute Gasteiger partial charge is 0.507 e. The van der Waals surface area contributed by atoms with Crippen LogP contribution in [0.5, 0.6) is 17.2 Å². The zero-order chi connectivity index (χ0) is 22.3. The van der Waals surface area contributed by atoms with E-state index in [1.807, 2.05) is 0 Å². The summed E-state index contributed by atoms with van der Waals surface area (Å²) in [7, 11) is -7.58. The van der Waals surface area contributed by atoms with Crippen LogP contribution in [0.25, 0.3) is 0 Å². The summed E-state index contributed by atoms with van der Waals surface area (Å²) < 4.78 is 58.7. The number of benzene rings is 2. The maximum absolute atomic E-state index is 13.0. The molecule has 0 radical (unpaired) electrons. The maximum atomic E-state index is 13.0. The molecule has 1 saturated heterocycles. The molecule has 1 aliphatic heterocycles. The smallest absolute Gasteiger partial charge is 0.246 e. The highest BCUT2D eigenvalue weighted by Gasteiger charge is 2.35. The Morgan fingerprint density at radius 2 is 1.80 bits per heavy atom. The number of phenolic OH excluding ortho intramolecular Hbond substituents is 1. The fourth-order valence-corrected chi connectivity index (χ4v) is 6.67. The molecule has 0 spiro atoms. The van der Waals surface area contributed by atoms with Crippen molar-refractivity contribution in [3.05, 3.63) is 44.8 Å². The van der Waals surface area contributed by atoms with Crippen molar-refractivity contribution in [2.75, 3.05) is 19.3 Å². The molecule has 30 heavy (non-hydrogen) atoms. The molecule has 2 aromatic carbocycles. The van der Waals surface area contributed by atoms with Crippen molar-refractivity contribution in [3.8, 4) is 17.2 Å². The second-order valence-electron chi connectivity index (χ2n) is 6.67. The third-order valence-electron chi connectivity index (χ3n) is 4.26. The number of hydrogen-bond donors (Lipinski definition) is 2. The minimum absolute atomic E-state index is 0.0513. The SMILES string of the molecule is CS(=O)(=O)N[C@H]1CCN(S(=O)(=O)c2cc(Oc3c(Cl)cc(Br)cc3Cl)ccc2O)C1. The predicted molar refractivity (Wildman–Crippen MR) is 117 cm³/mol. The van der Waals surface area contributed by atoms with Gasteiger partial charge < -0.3 is 9.84 Å². The van der Waals surface area contributed by atoms with Gasteiger partial charge in [-0.25, -0.2) is 21.6 Å². The lowest BCUT2D eigenvalue weighted by Crippen LogP contribution is -2.37. The van der Waals surface area contributed by atoms with Crippen LogP contribution in [0.15, 0.2) is 39.7 Å². The lowest BCUT2D eigenvalue weighted by molar-refractivity contribution is 0.434. The quantitative estimate of drug-likeness (QED) is 0.559. The van der Waals surface area contributed by atoms with Crippen LogP contribution in [0.4, 0.5) is 0 Å². The second-order valence-corrected chi connectivity index (χ2v) is 12.1. The predicted octanol–water partition coefficient (Wildman–Crippen LogP) is 3.57. The average molecular weight is 560 g/mol. The van der Waals surface area contributed by atoms with Gasteiger partial charge in [0.15, 0.2) is 5.75 Å². The summed E-state index contributed by atoms with van der Waals surface area (Å²) in [5, 5.41) is 10.6. The summed E-state index contributed by atoms with van der Waals surface area (Å²) in [5.41, 5.74) is 0. The molecule has 164 valence electrons. The van der Waals surface area contributed by atoms with E-state index in [9.17, 15) is 21.9 Å². The number of halogens is 3. The van der Waals surface area contributed by atoms with E-state index in [-0.39, 0.29) is 39.5 Å². The number of sulfonamides is 2. The second kappa shape index (κ2) is 8.81. The summed E-state index contributed by atoms with van der Waals surface area (Å²) in [5.74, 6) is -0.230. The molecular weight excluding hydrogens is 543 g/mol. The normalized spacial score (nSPS) is 17.9. The lowest BCUT2D eigenvalue weighted by Gasteiger charge is -2.18. The highest BCUT2D eigenvalue weighted by atomic mass is 79.9. The van der Waals surface area contributed by atoms with Gasteiger partial charge in [-0.2, -0.15) is 4.31 Å². The van der Waals surface area contributed by atoms with Crippen LogP contribution < -0.4 is 9.46 Å². The van der Waals surface area contributed by atoms with Crippen molar-refractivity contribution in [3.63, 3.8) is 0 Å². The van der Waals surface area contributed by atoms with Gasteiger partial charge in [0.25, 0.3) is 0 Å². The van der Waals surface area contributed by atoms with Gasteiger partial charge in [-0.15, -0.1) is 0 Å². The van der Waals surface area contributed by atoms with Crippen LogP contribution in [0.2, 0.25) is 10.0 Å². The Bertz CT molecular complexity index is 1170. The minimum atomic E-state index is -4.10. The van der Waals surface area contributed by atoms with Crippen molar-refractivity contribution in [2.45, 2.75) is 17.4 Å². The van der Waals surface area contributed by atoms with E-state index in [1.165, 1.54) is 12.1 Å². The first-order chi connectivity index (χ1) is 13.9. The summed E-state index contributed by atoms with van der Waals surface area (Å²) in [6.07, 6.45) is 1.32. The van der Waals surface area contributed by atoms with E-state index in [2.05, 4.69) is 20.7 Å². The summed E-state index contributed by atoms with van der Waals surface area (Å²) in [4.78, 5) is -0.371. The third-order valence-corrected chi connectivity index (χ3v) is 7.94. The highest BCUT2D eigenvalue weighted by Crippen LogP contribution is 2.40. The van der Waals surface area contributed by atoms with E-state index >= 15 is 0 Å². The zero-order valence-corrected chi connectivity index (χ0v) is 20.2. The van der Waals surface area contributed by atoms with E-state index in [0.29, 0.717) is 10.9 Å². The Morgan fingerprint density at radius 1 is 1.17 bits per heavy atom. The molecule has 2 N–H and O–H groups in total. The molecule has 3 rings (SSSR count). The molecule has 0 bridgehead atoms. The number of hydrogen-bond acceptors (Lipinski definition) is 6. The fourth-order valence-electron chi connectivity index (χ4n) is 2.99. The summed E-state index contributed by atoms with van der Waals surface area (Å²) >= 11 is 15.5. The standard InChI is InChI=1S/C17H17BrCl2N2O6S2/c1-29(24,25)21-11-4-5-22(9-11)30(26,27)16-8-12(2-3-15(16)23)28-17-13(19)6-10(18)7-14(17)20/h2-3,6-8,11,21,23H,4-5,9H2,1H3/t11-/m0/s1. The molecule has 0 aliphatic carbocycles. The molecular formula is C17H17BrCl2N2O6S2. The van der Waals surface area contributed by atoms with E-state index in [1.54, 1.807) is 12.1 Å². The molecule has 1 heterocycles. The molecule has 0 unspecified atom stereocenters. The van der Waals surface area contributed by atoms with Crippen molar-refractivity contribution in [1.82, 2.24) is 9.03 Å². The zero-order valence-electron chi connectivity index (χ0n) is 15.5.